The Labute approximate surface area is 139 Å². The van der Waals surface area contributed by atoms with Gasteiger partial charge in [-0.1, -0.05) is 49.8 Å². The zero-order valence-corrected chi connectivity index (χ0v) is 14.6. The normalized spacial score (nSPS) is 19.9. The molecule has 23 heavy (non-hydrogen) atoms. The van der Waals surface area contributed by atoms with Crippen LogP contribution >= 0.6 is 0 Å². The van der Waals surface area contributed by atoms with Crippen LogP contribution in [0.1, 0.15) is 47.0 Å². The lowest BCUT2D eigenvalue weighted by atomic mass is 9.72. The van der Waals surface area contributed by atoms with Gasteiger partial charge in [-0.25, -0.2) is 4.79 Å². The van der Waals surface area contributed by atoms with E-state index in [1.54, 1.807) is 25.2 Å². The first kappa shape index (κ1) is 19.2. The fraction of sp³-hybridized carbons (Fsp3) is 0.450. The van der Waals surface area contributed by atoms with Gasteiger partial charge in [0, 0.05) is 6.08 Å². The van der Waals surface area contributed by atoms with Crippen molar-refractivity contribution in [2.45, 2.75) is 47.0 Å². The first-order valence-corrected chi connectivity index (χ1v) is 8.04. The molecule has 0 fully saturated rings. The van der Waals surface area contributed by atoms with Gasteiger partial charge in [-0.15, -0.1) is 0 Å². The minimum Gasteiger partial charge on any atom is -0.478 e. The third-order valence-corrected chi connectivity index (χ3v) is 4.21. The van der Waals surface area contributed by atoms with Crippen molar-refractivity contribution < 1.29 is 15.0 Å². The monoisotopic (exact) mass is 316 g/mol. The molecule has 0 unspecified atom stereocenters. The highest BCUT2D eigenvalue weighted by atomic mass is 16.4. The molecule has 0 bridgehead atoms. The van der Waals surface area contributed by atoms with Crippen LogP contribution < -0.4 is 0 Å². The van der Waals surface area contributed by atoms with Crippen LogP contribution in [-0.2, 0) is 4.79 Å². The molecule has 0 aromatic rings. The zero-order chi connectivity index (χ0) is 17.5. The molecule has 1 aliphatic carbocycles. The van der Waals surface area contributed by atoms with E-state index in [0.29, 0.717) is 5.57 Å². The Kier molecular flexibility index (Phi) is 7.24. The van der Waals surface area contributed by atoms with Gasteiger partial charge >= 0.3 is 5.97 Å². The average Bonchev–Trinajstić information content (AvgIpc) is 2.43. The van der Waals surface area contributed by atoms with E-state index in [1.165, 1.54) is 24.0 Å². The number of aliphatic hydroxyl groups excluding tert-OH is 1. The highest BCUT2D eigenvalue weighted by molar-refractivity contribution is 5.81. The maximum absolute atomic E-state index is 10.6. The van der Waals surface area contributed by atoms with Crippen LogP contribution in [0.3, 0.4) is 0 Å². The minimum absolute atomic E-state index is 0.0463. The molecule has 0 radical (unpaired) electrons. The van der Waals surface area contributed by atoms with Crippen molar-refractivity contribution in [2.24, 2.45) is 5.41 Å². The SMILES string of the molecule is CC1=C(/C=C/C(=C/C=C/C(C)=C\C(=O)O)CO)C(C)(C)CCC1. The predicted molar refractivity (Wildman–Crippen MR) is 95.2 cm³/mol. The summed E-state index contributed by atoms with van der Waals surface area (Å²) < 4.78 is 0. The van der Waals surface area contributed by atoms with Crippen LogP contribution in [0.15, 0.2) is 58.7 Å². The summed E-state index contributed by atoms with van der Waals surface area (Å²) in [6, 6.07) is 0. The Morgan fingerprint density at radius 2 is 2.00 bits per heavy atom. The molecular weight excluding hydrogens is 288 g/mol. The molecule has 1 aliphatic rings. The Hall–Kier alpha value is -1.87. The van der Waals surface area contributed by atoms with Crippen molar-refractivity contribution in [1.29, 1.82) is 0 Å². The van der Waals surface area contributed by atoms with Gasteiger partial charge < -0.3 is 10.2 Å². The number of aliphatic carboxylic acids is 1. The van der Waals surface area contributed by atoms with Gasteiger partial charge in [-0.3, -0.25) is 0 Å². The second-order valence-electron chi connectivity index (χ2n) is 6.75. The van der Waals surface area contributed by atoms with E-state index in [-0.39, 0.29) is 12.0 Å². The molecule has 0 spiro atoms. The predicted octanol–water partition coefficient (Wildman–Crippen LogP) is 4.58. The van der Waals surface area contributed by atoms with Crippen molar-refractivity contribution in [2.75, 3.05) is 6.61 Å². The molecule has 0 saturated carbocycles. The summed E-state index contributed by atoms with van der Waals surface area (Å²) in [5.74, 6) is -0.958. The van der Waals surface area contributed by atoms with Gasteiger partial charge in [0.15, 0.2) is 0 Å². The second kappa shape index (κ2) is 8.68. The Bertz CT molecular complexity index is 584. The fourth-order valence-electron chi connectivity index (χ4n) is 2.93. The first-order valence-electron chi connectivity index (χ1n) is 8.04. The smallest absolute Gasteiger partial charge is 0.328 e. The van der Waals surface area contributed by atoms with Gasteiger partial charge in [0.05, 0.1) is 6.61 Å². The van der Waals surface area contributed by atoms with Crippen LogP contribution in [-0.4, -0.2) is 22.8 Å². The first-order chi connectivity index (χ1) is 10.8. The molecule has 0 atom stereocenters. The molecule has 0 heterocycles. The molecule has 0 amide bonds. The largest absolute Gasteiger partial charge is 0.478 e. The second-order valence-corrected chi connectivity index (χ2v) is 6.75. The van der Waals surface area contributed by atoms with Crippen molar-refractivity contribution in [3.8, 4) is 0 Å². The maximum Gasteiger partial charge on any atom is 0.328 e. The number of hydrogen-bond acceptors (Lipinski definition) is 2. The highest BCUT2D eigenvalue weighted by Gasteiger charge is 2.26. The summed E-state index contributed by atoms with van der Waals surface area (Å²) in [5, 5.41) is 18.1. The summed E-state index contributed by atoms with van der Waals surface area (Å²) >= 11 is 0. The molecule has 1 rings (SSSR count). The average molecular weight is 316 g/mol. The standard InChI is InChI=1S/C20H28O3/c1-15(13-19(22)23)7-5-9-17(14-21)10-11-18-16(2)8-6-12-20(18,3)4/h5,7,9-11,13,21H,6,8,12,14H2,1-4H3,(H,22,23)/b7-5+,11-10+,15-13-,17-9-. The molecule has 0 aromatic heterocycles. The number of rotatable bonds is 6. The zero-order valence-electron chi connectivity index (χ0n) is 14.6. The third kappa shape index (κ3) is 6.41. The van der Waals surface area contributed by atoms with Crippen molar-refractivity contribution in [3.63, 3.8) is 0 Å². The number of carboxylic acid groups (broad SMARTS) is 1. The molecule has 3 heteroatoms. The number of carboxylic acids is 1. The van der Waals surface area contributed by atoms with Crippen LogP contribution in [0.2, 0.25) is 0 Å². The van der Waals surface area contributed by atoms with Crippen LogP contribution in [0.4, 0.5) is 0 Å². The van der Waals surface area contributed by atoms with Crippen molar-refractivity contribution >= 4 is 5.97 Å². The van der Waals surface area contributed by atoms with E-state index in [0.717, 1.165) is 18.1 Å². The Morgan fingerprint density at radius 1 is 1.30 bits per heavy atom. The number of carbonyl (C=O) groups is 1. The minimum atomic E-state index is -0.958. The van der Waals surface area contributed by atoms with Gasteiger partial charge in [0.1, 0.15) is 0 Å². The van der Waals surface area contributed by atoms with Crippen LogP contribution in [0.5, 0.6) is 0 Å². The number of allylic oxidation sites excluding steroid dienone is 7. The quantitative estimate of drug-likeness (QED) is 0.557. The summed E-state index contributed by atoms with van der Waals surface area (Å²) in [4.78, 5) is 10.6. The lowest BCUT2D eigenvalue weighted by Gasteiger charge is -2.33. The van der Waals surface area contributed by atoms with E-state index in [4.69, 9.17) is 5.11 Å². The summed E-state index contributed by atoms with van der Waals surface area (Å²) in [6.45, 7) is 8.39. The van der Waals surface area contributed by atoms with E-state index in [9.17, 15) is 9.90 Å². The van der Waals surface area contributed by atoms with E-state index in [2.05, 4.69) is 26.8 Å². The van der Waals surface area contributed by atoms with E-state index >= 15 is 0 Å². The lowest BCUT2D eigenvalue weighted by molar-refractivity contribution is -0.131. The summed E-state index contributed by atoms with van der Waals surface area (Å²) in [5.41, 5.74) is 4.41. The molecule has 0 saturated heterocycles. The Balaban J connectivity index is 2.89. The van der Waals surface area contributed by atoms with Crippen LogP contribution in [0.25, 0.3) is 0 Å². The molecular formula is C20H28O3. The van der Waals surface area contributed by atoms with Gasteiger partial charge in [0.25, 0.3) is 0 Å². The summed E-state index contributed by atoms with van der Waals surface area (Å²) in [6.07, 6.45) is 14.1. The number of hydrogen-bond donors (Lipinski definition) is 2. The Morgan fingerprint density at radius 3 is 2.57 bits per heavy atom. The van der Waals surface area contributed by atoms with E-state index in [1.807, 2.05) is 6.08 Å². The number of aliphatic hydroxyl groups is 1. The lowest BCUT2D eigenvalue weighted by Crippen LogP contribution is -2.19. The maximum atomic E-state index is 10.6. The van der Waals surface area contributed by atoms with Gasteiger partial charge in [-0.2, -0.15) is 0 Å². The topological polar surface area (TPSA) is 57.5 Å². The van der Waals surface area contributed by atoms with Gasteiger partial charge in [-0.05, 0) is 55.2 Å². The molecule has 2 N–H and O–H groups in total. The molecule has 126 valence electrons. The summed E-state index contributed by atoms with van der Waals surface area (Å²) in [7, 11) is 0. The van der Waals surface area contributed by atoms with Crippen molar-refractivity contribution in [3.05, 3.63) is 58.7 Å². The molecule has 0 aromatic carbocycles. The fourth-order valence-corrected chi connectivity index (χ4v) is 2.93. The van der Waals surface area contributed by atoms with Gasteiger partial charge in [0.2, 0.25) is 0 Å². The van der Waals surface area contributed by atoms with E-state index < -0.39 is 5.97 Å². The highest BCUT2D eigenvalue weighted by Crippen LogP contribution is 2.40. The van der Waals surface area contributed by atoms with Crippen LogP contribution in [0, 0.1) is 5.41 Å². The molecule has 3 nitrogen and oxygen atoms in total. The van der Waals surface area contributed by atoms with Crippen molar-refractivity contribution in [1.82, 2.24) is 0 Å². The molecule has 0 aliphatic heterocycles. The third-order valence-electron chi connectivity index (χ3n) is 4.21.